The van der Waals surface area contributed by atoms with Gasteiger partial charge in [0.25, 0.3) is 0 Å². The smallest absolute Gasteiger partial charge is 0.234 e. The zero-order valence-electron chi connectivity index (χ0n) is 15.1. The number of hydrogen-bond donors (Lipinski definition) is 1. The highest BCUT2D eigenvalue weighted by Crippen LogP contribution is 2.26. The Kier molecular flexibility index (Phi) is 5.84. The second kappa shape index (κ2) is 8.47. The van der Waals surface area contributed by atoms with E-state index in [9.17, 15) is 10.1 Å². The number of nitrogens with one attached hydrogen (secondary N) is 1. The summed E-state index contributed by atoms with van der Waals surface area (Å²) >= 11 is 1.24. The van der Waals surface area contributed by atoms with Crippen molar-refractivity contribution < 1.29 is 4.79 Å². The summed E-state index contributed by atoms with van der Waals surface area (Å²) in [5.74, 6) is 0.563. The second-order valence-corrected chi connectivity index (χ2v) is 6.96. The van der Waals surface area contributed by atoms with Gasteiger partial charge in [0.05, 0.1) is 11.4 Å². The topological polar surface area (TPSA) is 78.7 Å². The van der Waals surface area contributed by atoms with Gasteiger partial charge in [0, 0.05) is 11.3 Å². The van der Waals surface area contributed by atoms with E-state index in [2.05, 4.69) is 21.4 Å². The van der Waals surface area contributed by atoms with Crippen molar-refractivity contribution in [3.05, 3.63) is 71.4 Å². The van der Waals surface area contributed by atoms with E-state index in [1.54, 1.807) is 6.92 Å². The third-order valence-corrected chi connectivity index (χ3v) is 4.82. The number of carbonyl (C=O) groups is 1. The molecule has 0 bridgehead atoms. The van der Waals surface area contributed by atoms with Crippen LogP contribution in [0.2, 0.25) is 0 Å². The van der Waals surface area contributed by atoms with Crippen molar-refractivity contribution in [2.24, 2.45) is 0 Å². The van der Waals surface area contributed by atoms with E-state index in [4.69, 9.17) is 0 Å². The van der Waals surface area contributed by atoms with Crippen LogP contribution in [0.1, 0.15) is 16.8 Å². The molecule has 0 aliphatic carbocycles. The first-order valence-electron chi connectivity index (χ1n) is 8.40. The average molecular weight is 374 g/mol. The van der Waals surface area contributed by atoms with Gasteiger partial charge in [-0.25, -0.2) is 9.97 Å². The fourth-order valence-electron chi connectivity index (χ4n) is 2.55. The highest BCUT2D eigenvalue weighted by Gasteiger charge is 2.15. The van der Waals surface area contributed by atoms with Gasteiger partial charge >= 0.3 is 0 Å². The van der Waals surface area contributed by atoms with Crippen molar-refractivity contribution in [1.82, 2.24) is 9.97 Å². The van der Waals surface area contributed by atoms with E-state index in [1.807, 2.05) is 61.5 Å². The predicted octanol–water partition coefficient (Wildman–Crippen LogP) is 4.36. The van der Waals surface area contributed by atoms with Gasteiger partial charge in [-0.3, -0.25) is 4.79 Å². The van der Waals surface area contributed by atoms with E-state index in [1.165, 1.54) is 11.8 Å². The first-order valence-corrected chi connectivity index (χ1v) is 9.39. The molecule has 0 fully saturated rings. The van der Waals surface area contributed by atoms with E-state index >= 15 is 0 Å². The van der Waals surface area contributed by atoms with Gasteiger partial charge in [0.2, 0.25) is 5.91 Å². The van der Waals surface area contributed by atoms with Crippen molar-refractivity contribution in [3.8, 4) is 17.5 Å². The minimum absolute atomic E-state index is 0.146. The fraction of sp³-hybridized carbons (Fsp3) is 0.143. The van der Waals surface area contributed by atoms with E-state index in [0.717, 1.165) is 16.8 Å². The predicted molar refractivity (Wildman–Crippen MR) is 107 cm³/mol. The molecular formula is C21H18N4OS. The number of carbonyl (C=O) groups excluding carboxylic acids is 1. The van der Waals surface area contributed by atoms with Crippen LogP contribution < -0.4 is 5.32 Å². The molecule has 1 N–H and O–H groups in total. The minimum atomic E-state index is -0.146. The molecule has 134 valence electrons. The van der Waals surface area contributed by atoms with Gasteiger partial charge in [-0.15, -0.1) is 0 Å². The van der Waals surface area contributed by atoms with Crippen LogP contribution in [0, 0.1) is 25.2 Å². The summed E-state index contributed by atoms with van der Waals surface area (Å²) in [4.78, 5) is 21.2. The van der Waals surface area contributed by atoms with Crippen LogP contribution in [0.15, 0.2) is 59.6 Å². The van der Waals surface area contributed by atoms with Crippen LogP contribution >= 0.6 is 11.8 Å². The molecule has 27 heavy (non-hydrogen) atoms. The Balaban J connectivity index is 1.78. The lowest BCUT2D eigenvalue weighted by Gasteiger charge is -2.09. The van der Waals surface area contributed by atoms with Crippen molar-refractivity contribution in [1.29, 1.82) is 5.26 Å². The lowest BCUT2D eigenvalue weighted by atomic mass is 10.2. The molecule has 3 rings (SSSR count). The Morgan fingerprint density at radius 2 is 1.89 bits per heavy atom. The van der Waals surface area contributed by atoms with Gasteiger partial charge < -0.3 is 5.32 Å². The molecule has 0 unspecified atom stereocenters. The van der Waals surface area contributed by atoms with Crippen LogP contribution in [0.5, 0.6) is 0 Å². The fourth-order valence-corrected chi connectivity index (χ4v) is 3.38. The molecule has 3 aromatic rings. The number of amides is 1. The Morgan fingerprint density at radius 3 is 2.59 bits per heavy atom. The number of aromatic nitrogens is 2. The van der Waals surface area contributed by atoms with E-state index in [-0.39, 0.29) is 11.7 Å². The first kappa shape index (κ1) is 18.6. The summed E-state index contributed by atoms with van der Waals surface area (Å²) in [5, 5.41) is 12.8. The molecule has 0 aliphatic heterocycles. The first-order chi connectivity index (χ1) is 13.1. The Labute approximate surface area is 162 Å². The quantitative estimate of drug-likeness (QED) is 0.530. The van der Waals surface area contributed by atoms with Crippen LogP contribution in [-0.2, 0) is 4.79 Å². The lowest BCUT2D eigenvalue weighted by molar-refractivity contribution is -0.113. The molecule has 6 heteroatoms. The van der Waals surface area contributed by atoms with Gasteiger partial charge in [-0.2, -0.15) is 5.26 Å². The van der Waals surface area contributed by atoms with Gasteiger partial charge in [-0.05, 0) is 31.5 Å². The lowest BCUT2D eigenvalue weighted by Crippen LogP contribution is -2.14. The number of nitriles is 1. The number of benzene rings is 2. The van der Waals surface area contributed by atoms with Gasteiger partial charge in [0.1, 0.15) is 16.7 Å². The SMILES string of the molecule is Cc1cccc(NC(=O)CSc2nc(-c3ccccc3)nc(C)c2C#N)c1. The molecule has 0 spiro atoms. The molecule has 0 saturated carbocycles. The van der Waals surface area contributed by atoms with Crippen molar-refractivity contribution in [3.63, 3.8) is 0 Å². The van der Waals surface area contributed by atoms with Crippen LogP contribution in [-0.4, -0.2) is 21.6 Å². The summed E-state index contributed by atoms with van der Waals surface area (Å²) < 4.78 is 0. The maximum Gasteiger partial charge on any atom is 0.234 e. The maximum absolute atomic E-state index is 12.3. The van der Waals surface area contributed by atoms with Crippen LogP contribution in [0.3, 0.4) is 0 Å². The summed E-state index contributed by atoms with van der Waals surface area (Å²) in [7, 11) is 0. The summed E-state index contributed by atoms with van der Waals surface area (Å²) in [6.07, 6.45) is 0. The number of nitrogens with zero attached hydrogens (tertiary/aromatic N) is 3. The van der Waals surface area contributed by atoms with E-state index < -0.39 is 0 Å². The third-order valence-electron chi connectivity index (χ3n) is 3.84. The summed E-state index contributed by atoms with van der Waals surface area (Å²) in [6.45, 7) is 3.75. The third kappa shape index (κ3) is 4.72. The Hall–Kier alpha value is -3.17. The molecule has 5 nitrogen and oxygen atoms in total. The molecule has 1 amide bonds. The maximum atomic E-state index is 12.3. The molecular weight excluding hydrogens is 356 g/mol. The number of hydrogen-bond acceptors (Lipinski definition) is 5. The van der Waals surface area contributed by atoms with Gasteiger partial charge in [-0.1, -0.05) is 54.2 Å². The monoisotopic (exact) mass is 374 g/mol. The number of thioether (sulfide) groups is 1. The van der Waals surface area contributed by atoms with Crippen molar-refractivity contribution >= 4 is 23.4 Å². The molecule has 1 heterocycles. The minimum Gasteiger partial charge on any atom is -0.325 e. The zero-order chi connectivity index (χ0) is 19.2. The van der Waals surface area contributed by atoms with Gasteiger partial charge in [0.15, 0.2) is 5.82 Å². The summed E-state index contributed by atoms with van der Waals surface area (Å²) in [6, 6.07) is 19.3. The largest absolute Gasteiger partial charge is 0.325 e. The molecule has 2 aromatic carbocycles. The van der Waals surface area contributed by atoms with Crippen molar-refractivity contribution in [2.75, 3.05) is 11.1 Å². The number of anilines is 1. The standard InChI is InChI=1S/C21H18N4OS/c1-14-7-6-10-17(11-14)24-19(26)13-27-21-18(12-22)15(2)23-20(25-21)16-8-4-3-5-9-16/h3-11H,13H2,1-2H3,(H,24,26). The normalized spacial score (nSPS) is 10.3. The highest BCUT2D eigenvalue weighted by molar-refractivity contribution is 8.00. The Bertz CT molecular complexity index is 1010. The van der Waals surface area contributed by atoms with Crippen molar-refractivity contribution in [2.45, 2.75) is 18.9 Å². The molecule has 1 aromatic heterocycles. The average Bonchev–Trinajstić information content (AvgIpc) is 2.66. The molecule has 0 aliphatic rings. The second-order valence-electron chi connectivity index (χ2n) is 6.00. The molecule has 0 radical (unpaired) electrons. The van der Waals surface area contributed by atoms with E-state index in [0.29, 0.717) is 22.1 Å². The number of aryl methyl sites for hydroxylation is 2. The molecule has 0 saturated heterocycles. The Morgan fingerprint density at radius 1 is 1.11 bits per heavy atom. The zero-order valence-corrected chi connectivity index (χ0v) is 15.9. The van der Waals surface area contributed by atoms with Crippen LogP contribution in [0.25, 0.3) is 11.4 Å². The highest BCUT2D eigenvalue weighted by atomic mass is 32.2. The summed E-state index contributed by atoms with van der Waals surface area (Å²) in [5.41, 5.74) is 3.71. The van der Waals surface area contributed by atoms with Crippen LogP contribution in [0.4, 0.5) is 5.69 Å². The number of rotatable bonds is 5. The molecule has 0 atom stereocenters.